The van der Waals surface area contributed by atoms with Gasteiger partial charge in [0.1, 0.15) is 0 Å². The van der Waals surface area contributed by atoms with Crippen LogP contribution in [0, 0.1) is 0 Å². The third kappa shape index (κ3) is 3.88. The van der Waals surface area contributed by atoms with Gasteiger partial charge in [0.15, 0.2) is 0 Å². The fourth-order valence-corrected chi connectivity index (χ4v) is 3.84. The Morgan fingerprint density at radius 3 is 2.60 bits per heavy atom. The maximum atomic E-state index is 12.2. The van der Waals surface area contributed by atoms with Gasteiger partial charge in [-0.1, -0.05) is 35.0 Å². The molecule has 0 aliphatic carbocycles. The monoisotopic (exact) mass is 374 g/mol. The van der Waals surface area contributed by atoms with Crippen LogP contribution >= 0.6 is 27.3 Å². The van der Waals surface area contributed by atoms with Crippen LogP contribution in [0.1, 0.15) is 23.4 Å². The molecule has 0 saturated heterocycles. The minimum atomic E-state index is -3.46. The van der Waals surface area contributed by atoms with Crippen molar-refractivity contribution in [2.24, 2.45) is 0 Å². The van der Waals surface area contributed by atoms with Crippen LogP contribution in [-0.2, 0) is 15.4 Å². The minimum absolute atomic E-state index is 0.0617. The Labute approximate surface area is 131 Å². The first-order valence-corrected chi connectivity index (χ1v) is 9.55. The van der Waals surface area contributed by atoms with Gasteiger partial charge in [-0.05, 0) is 17.7 Å². The van der Waals surface area contributed by atoms with Gasteiger partial charge in [0.05, 0.1) is 9.90 Å². The van der Waals surface area contributed by atoms with E-state index in [2.05, 4.69) is 25.6 Å². The zero-order valence-electron chi connectivity index (χ0n) is 10.9. The third-order valence-electron chi connectivity index (χ3n) is 2.84. The number of hydrogen-bond acceptors (Lipinski definition) is 4. The molecule has 1 aromatic carbocycles. The normalized spacial score (nSPS) is 13.3. The lowest BCUT2D eigenvalue weighted by Gasteiger charge is -2.11. The Morgan fingerprint density at radius 1 is 1.35 bits per heavy atom. The van der Waals surface area contributed by atoms with Crippen molar-refractivity contribution >= 4 is 37.3 Å². The molecular weight excluding hydrogens is 360 g/mol. The molecular formula is C13H15BrN2O2S2. The van der Waals surface area contributed by atoms with Crippen molar-refractivity contribution in [1.29, 1.82) is 0 Å². The molecule has 2 rings (SSSR count). The van der Waals surface area contributed by atoms with Crippen LogP contribution < -0.4 is 4.72 Å². The third-order valence-corrected chi connectivity index (χ3v) is 5.93. The zero-order valence-corrected chi connectivity index (χ0v) is 14.1. The highest BCUT2D eigenvalue weighted by molar-refractivity contribution is 9.08. The van der Waals surface area contributed by atoms with Crippen LogP contribution in [0.5, 0.6) is 0 Å². The lowest BCUT2D eigenvalue weighted by molar-refractivity contribution is 0.574. The molecule has 2 aromatic rings. The second-order valence-corrected chi connectivity index (χ2v) is 7.65. The van der Waals surface area contributed by atoms with Crippen LogP contribution in [0.2, 0.25) is 0 Å². The second-order valence-electron chi connectivity index (χ2n) is 4.40. The van der Waals surface area contributed by atoms with Crippen LogP contribution in [0.3, 0.4) is 0 Å². The van der Waals surface area contributed by atoms with Gasteiger partial charge in [-0.3, -0.25) is 0 Å². The fraction of sp³-hybridized carbons (Fsp3) is 0.308. The van der Waals surface area contributed by atoms with Crippen molar-refractivity contribution in [3.8, 4) is 0 Å². The van der Waals surface area contributed by atoms with E-state index >= 15 is 0 Å². The van der Waals surface area contributed by atoms with E-state index in [1.807, 2.05) is 12.3 Å². The smallest absolute Gasteiger partial charge is 0.240 e. The van der Waals surface area contributed by atoms with Gasteiger partial charge in [0.25, 0.3) is 0 Å². The summed E-state index contributed by atoms with van der Waals surface area (Å²) in [6.07, 6.45) is 1.73. The highest BCUT2D eigenvalue weighted by Crippen LogP contribution is 2.18. The molecule has 0 aliphatic heterocycles. The van der Waals surface area contributed by atoms with Crippen molar-refractivity contribution in [2.45, 2.75) is 23.1 Å². The molecule has 1 N–H and O–H groups in total. The summed E-state index contributed by atoms with van der Waals surface area (Å²) in [6.45, 7) is 2.30. The van der Waals surface area contributed by atoms with Crippen molar-refractivity contribution in [2.75, 3.05) is 6.54 Å². The molecule has 20 heavy (non-hydrogen) atoms. The SMILES string of the molecule is CC(CNS(=O)(=O)c1ccc(CBr)cc1)c1nccs1. The molecule has 0 saturated carbocycles. The van der Waals surface area contributed by atoms with Crippen molar-refractivity contribution in [1.82, 2.24) is 9.71 Å². The van der Waals surface area contributed by atoms with Gasteiger partial charge >= 0.3 is 0 Å². The standard InChI is InChI=1S/C13H15BrN2O2S2/c1-10(13-15-6-7-19-13)9-16-20(17,18)12-4-2-11(8-14)3-5-12/h2-7,10,16H,8-9H2,1H3. The number of alkyl halides is 1. The van der Waals surface area contributed by atoms with Crippen LogP contribution in [0.25, 0.3) is 0 Å². The Hall–Kier alpha value is -0.760. The average Bonchev–Trinajstić information content (AvgIpc) is 2.99. The maximum Gasteiger partial charge on any atom is 0.240 e. The Kier molecular flexibility index (Phi) is 5.31. The van der Waals surface area contributed by atoms with Crippen molar-refractivity contribution in [3.05, 3.63) is 46.4 Å². The summed E-state index contributed by atoms with van der Waals surface area (Å²) in [6, 6.07) is 6.83. The number of thiazole rings is 1. The summed E-state index contributed by atoms with van der Waals surface area (Å²) < 4.78 is 27.0. The van der Waals surface area contributed by atoms with Gasteiger partial charge in [0.2, 0.25) is 10.0 Å². The number of hydrogen-bond donors (Lipinski definition) is 1. The van der Waals surface area contributed by atoms with Gasteiger partial charge in [-0.25, -0.2) is 18.1 Å². The van der Waals surface area contributed by atoms with Crippen molar-refractivity contribution in [3.63, 3.8) is 0 Å². The van der Waals surface area contributed by atoms with E-state index in [1.165, 1.54) is 11.3 Å². The molecule has 1 heterocycles. The Morgan fingerprint density at radius 2 is 2.05 bits per heavy atom. The number of benzene rings is 1. The lowest BCUT2D eigenvalue weighted by atomic mass is 10.2. The van der Waals surface area contributed by atoms with E-state index in [0.717, 1.165) is 10.6 Å². The summed E-state index contributed by atoms with van der Waals surface area (Å²) in [5, 5.41) is 3.53. The van der Waals surface area contributed by atoms with Crippen molar-refractivity contribution < 1.29 is 8.42 Å². The molecule has 4 nitrogen and oxygen atoms in total. The molecule has 0 spiro atoms. The van der Waals surface area contributed by atoms with Gasteiger partial charge in [-0.2, -0.15) is 0 Å². The average molecular weight is 375 g/mol. The predicted molar refractivity (Wildman–Crippen MR) is 84.8 cm³/mol. The fourth-order valence-electron chi connectivity index (χ4n) is 1.64. The van der Waals surface area contributed by atoms with Gasteiger partial charge in [-0.15, -0.1) is 11.3 Å². The molecule has 0 fully saturated rings. The molecule has 0 aliphatic rings. The molecule has 108 valence electrons. The summed E-state index contributed by atoms with van der Waals surface area (Å²) in [7, 11) is -3.46. The molecule has 0 bridgehead atoms. The topological polar surface area (TPSA) is 59.1 Å². The number of sulfonamides is 1. The Bertz CT molecular complexity index is 640. The number of aromatic nitrogens is 1. The molecule has 7 heteroatoms. The lowest BCUT2D eigenvalue weighted by Crippen LogP contribution is -2.27. The van der Waals surface area contributed by atoms with E-state index in [4.69, 9.17) is 0 Å². The van der Waals surface area contributed by atoms with Gasteiger partial charge < -0.3 is 0 Å². The summed E-state index contributed by atoms with van der Waals surface area (Å²) in [5.74, 6) is 0.0617. The summed E-state index contributed by atoms with van der Waals surface area (Å²) in [5.41, 5.74) is 1.04. The van der Waals surface area contributed by atoms with Gasteiger partial charge in [0, 0.05) is 29.4 Å². The minimum Gasteiger partial charge on any atom is -0.249 e. The molecule has 1 unspecified atom stereocenters. The number of rotatable bonds is 6. The van der Waals surface area contributed by atoms with Crippen LogP contribution in [0.15, 0.2) is 40.7 Å². The van der Waals surface area contributed by atoms with E-state index in [-0.39, 0.29) is 10.8 Å². The molecule has 0 radical (unpaired) electrons. The quantitative estimate of drug-likeness (QED) is 0.790. The maximum absolute atomic E-state index is 12.2. The second kappa shape index (κ2) is 6.80. The van der Waals surface area contributed by atoms with E-state index < -0.39 is 10.0 Å². The Balaban J connectivity index is 2.03. The first-order valence-electron chi connectivity index (χ1n) is 6.07. The predicted octanol–water partition coefficient (Wildman–Crippen LogP) is 3.12. The van der Waals surface area contributed by atoms with E-state index in [1.54, 1.807) is 30.5 Å². The summed E-state index contributed by atoms with van der Waals surface area (Å²) >= 11 is 4.86. The zero-order chi connectivity index (χ0) is 14.6. The highest BCUT2D eigenvalue weighted by atomic mass is 79.9. The number of nitrogens with zero attached hydrogens (tertiary/aromatic N) is 1. The van der Waals surface area contributed by atoms with E-state index in [9.17, 15) is 8.42 Å². The summed E-state index contributed by atoms with van der Waals surface area (Å²) in [4.78, 5) is 4.48. The highest BCUT2D eigenvalue weighted by Gasteiger charge is 2.16. The first-order chi connectivity index (χ1) is 9.53. The number of halogens is 1. The van der Waals surface area contributed by atoms with E-state index in [0.29, 0.717) is 11.9 Å². The molecule has 1 atom stereocenters. The molecule has 1 aromatic heterocycles. The van der Waals surface area contributed by atoms with Crippen LogP contribution in [0.4, 0.5) is 0 Å². The van der Waals surface area contributed by atoms with Crippen LogP contribution in [-0.4, -0.2) is 19.9 Å². The number of nitrogens with one attached hydrogen (secondary N) is 1. The molecule has 0 amide bonds. The first kappa shape index (κ1) is 15.6. The largest absolute Gasteiger partial charge is 0.249 e.